The molecule has 0 bridgehead atoms. The smallest absolute Gasteiger partial charge is 0.148 e. The van der Waals surface area contributed by atoms with E-state index in [-0.39, 0.29) is 5.82 Å². The van der Waals surface area contributed by atoms with Gasteiger partial charge in [-0.15, -0.1) is 0 Å². The number of nitrogens with zero attached hydrogens (tertiary/aromatic N) is 2. The van der Waals surface area contributed by atoms with Gasteiger partial charge in [0.25, 0.3) is 0 Å². The summed E-state index contributed by atoms with van der Waals surface area (Å²) in [5.74, 6) is 0.529. The number of benzene rings is 1. The highest BCUT2D eigenvalue weighted by molar-refractivity contribution is 5.64. The minimum atomic E-state index is -0.220. The van der Waals surface area contributed by atoms with Crippen LogP contribution >= 0.6 is 0 Å². The lowest BCUT2D eigenvalue weighted by atomic mass is 10.2. The molecule has 4 nitrogen and oxygen atoms in total. The first kappa shape index (κ1) is 12.4. The summed E-state index contributed by atoms with van der Waals surface area (Å²) in [4.78, 5) is 0. The molecule has 0 radical (unpaired) electrons. The Labute approximate surface area is 106 Å². The van der Waals surface area contributed by atoms with E-state index in [4.69, 9.17) is 5.73 Å². The van der Waals surface area contributed by atoms with E-state index in [2.05, 4.69) is 10.4 Å². The number of aromatic nitrogens is 2. The van der Waals surface area contributed by atoms with Crippen molar-refractivity contribution in [2.24, 2.45) is 0 Å². The van der Waals surface area contributed by atoms with Gasteiger partial charge in [0.1, 0.15) is 11.6 Å². The Morgan fingerprint density at radius 3 is 2.78 bits per heavy atom. The number of nitrogens with one attached hydrogen (secondary N) is 1. The Hall–Kier alpha value is -2.04. The van der Waals surface area contributed by atoms with Crippen LogP contribution in [0.1, 0.15) is 18.2 Å². The lowest BCUT2D eigenvalue weighted by Gasteiger charge is -2.09. The van der Waals surface area contributed by atoms with E-state index in [0.29, 0.717) is 17.8 Å². The number of hydrogen-bond donors (Lipinski definition) is 2. The highest BCUT2D eigenvalue weighted by atomic mass is 19.1. The number of nitrogen functional groups attached to an aromatic ring is 1. The molecule has 2 rings (SSSR count). The second kappa shape index (κ2) is 5.08. The standard InChI is InChI=1S/C13H17FN4/c1-3-18-13(12(15)9(2)17-18)16-8-10-6-4-5-7-11(10)14/h4-7,16H,3,8,15H2,1-2H3. The predicted molar refractivity (Wildman–Crippen MR) is 70.8 cm³/mol. The van der Waals surface area contributed by atoms with Crippen molar-refractivity contribution in [3.63, 3.8) is 0 Å². The normalized spacial score (nSPS) is 10.6. The third-order valence-electron chi connectivity index (χ3n) is 2.88. The summed E-state index contributed by atoms with van der Waals surface area (Å²) in [5, 5.41) is 7.44. The fourth-order valence-electron chi connectivity index (χ4n) is 1.83. The molecule has 0 aliphatic heterocycles. The van der Waals surface area contributed by atoms with Gasteiger partial charge in [-0.05, 0) is 19.9 Å². The molecule has 96 valence electrons. The van der Waals surface area contributed by atoms with E-state index in [9.17, 15) is 4.39 Å². The van der Waals surface area contributed by atoms with Gasteiger partial charge in [0.05, 0.1) is 11.4 Å². The highest BCUT2D eigenvalue weighted by Crippen LogP contribution is 2.23. The van der Waals surface area contributed by atoms with E-state index in [1.54, 1.807) is 16.8 Å². The van der Waals surface area contributed by atoms with E-state index < -0.39 is 0 Å². The predicted octanol–water partition coefficient (Wildman–Crippen LogP) is 2.54. The molecule has 0 fully saturated rings. The fourth-order valence-corrected chi connectivity index (χ4v) is 1.83. The lowest BCUT2D eigenvalue weighted by molar-refractivity contribution is 0.611. The van der Waals surface area contributed by atoms with Crippen molar-refractivity contribution in [1.82, 2.24) is 9.78 Å². The van der Waals surface area contributed by atoms with Crippen molar-refractivity contribution in [3.8, 4) is 0 Å². The van der Waals surface area contributed by atoms with Gasteiger partial charge < -0.3 is 11.1 Å². The van der Waals surface area contributed by atoms with Crippen molar-refractivity contribution >= 4 is 11.5 Å². The molecule has 5 heteroatoms. The van der Waals surface area contributed by atoms with Crippen LogP contribution in [0.25, 0.3) is 0 Å². The summed E-state index contributed by atoms with van der Waals surface area (Å²) in [6.07, 6.45) is 0. The first-order chi connectivity index (χ1) is 8.63. The first-order valence-corrected chi connectivity index (χ1v) is 5.93. The number of rotatable bonds is 4. The van der Waals surface area contributed by atoms with Crippen LogP contribution in [0.15, 0.2) is 24.3 Å². The Kier molecular flexibility index (Phi) is 3.50. The van der Waals surface area contributed by atoms with E-state index >= 15 is 0 Å². The maximum absolute atomic E-state index is 13.5. The highest BCUT2D eigenvalue weighted by Gasteiger charge is 2.11. The minimum Gasteiger partial charge on any atom is -0.394 e. The Balaban J connectivity index is 2.18. The van der Waals surface area contributed by atoms with Crippen LogP contribution in [0, 0.1) is 12.7 Å². The fraction of sp³-hybridized carbons (Fsp3) is 0.308. The summed E-state index contributed by atoms with van der Waals surface area (Å²) < 4.78 is 15.3. The number of aryl methyl sites for hydroxylation is 2. The quantitative estimate of drug-likeness (QED) is 0.874. The van der Waals surface area contributed by atoms with Gasteiger partial charge in [-0.2, -0.15) is 5.10 Å². The van der Waals surface area contributed by atoms with Gasteiger partial charge in [-0.25, -0.2) is 9.07 Å². The average molecular weight is 248 g/mol. The van der Waals surface area contributed by atoms with E-state index in [0.717, 1.165) is 18.1 Å². The van der Waals surface area contributed by atoms with Crippen LogP contribution in [0.3, 0.4) is 0 Å². The molecule has 0 unspecified atom stereocenters. The zero-order chi connectivity index (χ0) is 13.1. The molecule has 3 N–H and O–H groups in total. The zero-order valence-electron chi connectivity index (χ0n) is 10.6. The van der Waals surface area contributed by atoms with Gasteiger partial charge in [-0.3, -0.25) is 0 Å². The molecule has 0 atom stereocenters. The number of anilines is 2. The largest absolute Gasteiger partial charge is 0.394 e. The molecule has 0 saturated carbocycles. The van der Waals surface area contributed by atoms with Crippen LogP contribution in [0.5, 0.6) is 0 Å². The van der Waals surface area contributed by atoms with Crippen molar-refractivity contribution in [2.45, 2.75) is 26.9 Å². The second-order valence-corrected chi connectivity index (χ2v) is 4.11. The molecule has 2 aromatic rings. The van der Waals surface area contributed by atoms with Crippen LogP contribution in [0.4, 0.5) is 15.9 Å². The molecule has 1 aromatic heterocycles. The Bertz CT molecular complexity index is 548. The third-order valence-corrected chi connectivity index (χ3v) is 2.88. The Morgan fingerprint density at radius 1 is 1.39 bits per heavy atom. The van der Waals surface area contributed by atoms with Gasteiger partial charge >= 0.3 is 0 Å². The second-order valence-electron chi connectivity index (χ2n) is 4.11. The van der Waals surface area contributed by atoms with Crippen molar-refractivity contribution < 1.29 is 4.39 Å². The van der Waals surface area contributed by atoms with Crippen molar-refractivity contribution in [3.05, 3.63) is 41.3 Å². The topological polar surface area (TPSA) is 55.9 Å². The third kappa shape index (κ3) is 2.30. The van der Waals surface area contributed by atoms with Crippen LogP contribution in [-0.4, -0.2) is 9.78 Å². The molecule has 0 spiro atoms. The summed E-state index contributed by atoms with van der Waals surface area (Å²) >= 11 is 0. The lowest BCUT2D eigenvalue weighted by Crippen LogP contribution is -2.09. The van der Waals surface area contributed by atoms with Gasteiger partial charge in [0.15, 0.2) is 0 Å². The molecule has 1 heterocycles. The Morgan fingerprint density at radius 2 is 2.11 bits per heavy atom. The van der Waals surface area contributed by atoms with Crippen molar-refractivity contribution in [2.75, 3.05) is 11.1 Å². The van der Waals surface area contributed by atoms with Gasteiger partial charge in [-0.1, -0.05) is 18.2 Å². The van der Waals surface area contributed by atoms with Crippen LogP contribution in [0.2, 0.25) is 0 Å². The number of nitrogens with two attached hydrogens (primary N) is 1. The molecule has 0 aliphatic carbocycles. The zero-order valence-corrected chi connectivity index (χ0v) is 10.6. The monoisotopic (exact) mass is 248 g/mol. The summed E-state index contributed by atoms with van der Waals surface area (Å²) in [7, 11) is 0. The van der Waals surface area contributed by atoms with Crippen LogP contribution < -0.4 is 11.1 Å². The average Bonchev–Trinajstić information content (AvgIpc) is 2.65. The van der Waals surface area contributed by atoms with Crippen LogP contribution in [-0.2, 0) is 13.1 Å². The van der Waals surface area contributed by atoms with Crippen molar-refractivity contribution in [1.29, 1.82) is 0 Å². The molecule has 18 heavy (non-hydrogen) atoms. The number of hydrogen-bond acceptors (Lipinski definition) is 3. The molecule has 0 amide bonds. The minimum absolute atomic E-state index is 0.220. The van der Waals surface area contributed by atoms with Gasteiger partial charge in [0.2, 0.25) is 0 Å². The molecule has 0 saturated heterocycles. The number of halogens is 1. The molecular weight excluding hydrogens is 231 g/mol. The van der Waals surface area contributed by atoms with E-state index in [1.807, 2.05) is 19.9 Å². The summed E-state index contributed by atoms with van der Waals surface area (Å²) in [6, 6.07) is 6.68. The summed E-state index contributed by atoms with van der Waals surface area (Å²) in [6.45, 7) is 4.95. The van der Waals surface area contributed by atoms with E-state index in [1.165, 1.54) is 6.07 Å². The molecule has 1 aromatic carbocycles. The SMILES string of the molecule is CCn1nc(C)c(N)c1NCc1ccccc1F. The van der Waals surface area contributed by atoms with Gasteiger partial charge in [0, 0.05) is 18.7 Å². The molecular formula is C13H17FN4. The molecule has 0 aliphatic rings. The summed E-state index contributed by atoms with van der Waals surface area (Å²) in [5.41, 5.74) is 7.96. The maximum Gasteiger partial charge on any atom is 0.148 e. The maximum atomic E-state index is 13.5. The first-order valence-electron chi connectivity index (χ1n) is 5.93.